The summed E-state index contributed by atoms with van der Waals surface area (Å²) in [5, 5.41) is 3.28. The maximum absolute atomic E-state index is 12.6. The second kappa shape index (κ2) is 7.55. The number of hydrogen-bond donors (Lipinski definition) is 1. The maximum atomic E-state index is 12.6. The second-order valence-electron chi connectivity index (χ2n) is 4.87. The number of hydrogen-bond acceptors (Lipinski definition) is 3. The number of allylic oxidation sites excluding steroid dienone is 3. The maximum Gasteiger partial charge on any atom is 0.320 e. The summed E-state index contributed by atoms with van der Waals surface area (Å²) in [7, 11) is 0. The number of carbonyl (C=O) groups excluding carboxylic acids is 1. The lowest BCUT2D eigenvalue weighted by molar-refractivity contribution is 0.153. The third-order valence-electron chi connectivity index (χ3n) is 3.57. The summed E-state index contributed by atoms with van der Waals surface area (Å²) in [5.41, 5.74) is 1.22. The molecule has 0 radical (unpaired) electrons. The minimum atomic E-state index is 0.173. The van der Waals surface area contributed by atoms with Crippen LogP contribution in [0.2, 0.25) is 0 Å². The van der Waals surface area contributed by atoms with Gasteiger partial charge in [0, 0.05) is 49.9 Å². The molecule has 0 unspecified atom stereocenters. The van der Waals surface area contributed by atoms with Crippen molar-refractivity contribution in [1.29, 1.82) is 0 Å². The van der Waals surface area contributed by atoms with Gasteiger partial charge in [-0.25, -0.2) is 4.79 Å². The number of carbonyl (C=O) groups is 1. The lowest BCUT2D eigenvalue weighted by atomic mass is 10.2. The Balaban J connectivity index is 2.07. The van der Waals surface area contributed by atoms with E-state index in [-0.39, 0.29) is 6.03 Å². The van der Waals surface area contributed by atoms with E-state index < -0.39 is 0 Å². The predicted molar refractivity (Wildman–Crippen MR) is 85.9 cm³/mol. The van der Waals surface area contributed by atoms with Gasteiger partial charge in [0.2, 0.25) is 0 Å². The van der Waals surface area contributed by atoms with Crippen LogP contribution in [0.5, 0.6) is 0 Å². The second-order valence-corrected chi connectivity index (χ2v) is 6.01. The Bertz CT molecular complexity index is 425. The number of rotatable bonds is 1. The van der Waals surface area contributed by atoms with Gasteiger partial charge < -0.3 is 15.1 Å². The van der Waals surface area contributed by atoms with E-state index in [1.165, 1.54) is 10.5 Å². The molecule has 2 fully saturated rings. The third-order valence-corrected chi connectivity index (χ3v) is 4.67. The van der Waals surface area contributed by atoms with E-state index in [9.17, 15) is 4.79 Å². The fourth-order valence-corrected chi connectivity index (χ4v) is 3.53. The van der Waals surface area contributed by atoms with Crippen molar-refractivity contribution in [3.63, 3.8) is 0 Å². The zero-order valence-corrected chi connectivity index (χ0v) is 12.9. The van der Waals surface area contributed by atoms with Crippen LogP contribution in [0.15, 0.2) is 35.3 Å². The molecule has 0 saturated carbocycles. The average molecular weight is 293 g/mol. The van der Waals surface area contributed by atoms with E-state index in [1.54, 1.807) is 11.8 Å². The predicted octanol–water partition coefficient (Wildman–Crippen LogP) is 2.08. The number of urea groups is 1. The van der Waals surface area contributed by atoms with Gasteiger partial charge in [0.1, 0.15) is 0 Å². The zero-order valence-electron chi connectivity index (χ0n) is 12.1. The molecule has 110 valence electrons. The molecule has 4 nitrogen and oxygen atoms in total. The minimum Gasteiger partial charge on any atom is -0.322 e. The summed E-state index contributed by atoms with van der Waals surface area (Å²) >= 11 is 1.81. The fourth-order valence-electron chi connectivity index (χ4n) is 2.44. The van der Waals surface area contributed by atoms with Crippen LogP contribution < -0.4 is 5.32 Å². The van der Waals surface area contributed by atoms with Crippen LogP contribution >= 0.6 is 11.8 Å². The Morgan fingerprint density at radius 1 is 1.30 bits per heavy atom. The van der Waals surface area contributed by atoms with Gasteiger partial charge in [0.25, 0.3) is 0 Å². The van der Waals surface area contributed by atoms with Crippen LogP contribution in [0.25, 0.3) is 0 Å². The van der Waals surface area contributed by atoms with E-state index in [1.807, 2.05) is 28.9 Å². The number of amides is 2. The molecule has 2 heterocycles. The van der Waals surface area contributed by atoms with Gasteiger partial charge in [0.05, 0.1) is 0 Å². The van der Waals surface area contributed by atoms with Gasteiger partial charge in [0.15, 0.2) is 0 Å². The quantitative estimate of drug-likeness (QED) is 0.804. The van der Waals surface area contributed by atoms with E-state index in [0.29, 0.717) is 6.54 Å². The molecular formula is C15H23N3OS. The molecule has 20 heavy (non-hydrogen) atoms. The monoisotopic (exact) mass is 293 g/mol. The number of nitrogens with one attached hydrogen (secondary N) is 1. The molecular weight excluding hydrogens is 270 g/mol. The normalized spacial score (nSPS) is 24.9. The smallest absolute Gasteiger partial charge is 0.320 e. The van der Waals surface area contributed by atoms with Crippen LogP contribution in [0.3, 0.4) is 0 Å². The zero-order chi connectivity index (χ0) is 14.4. The molecule has 2 aliphatic rings. The highest BCUT2D eigenvalue weighted by molar-refractivity contribution is 8.03. The van der Waals surface area contributed by atoms with Gasteiger partial charge in [-0.3, -0.25) is 0 Å². The molecule has 2 rings (SSSR count). The van der Waals surface area contributed by atoms with E-state index in [4.69, 9.17) is 0 Å². The number of piperazine rings is 1. The molecule has 0 aromatic carbocycles. The summed E-state index contributed by atoms with van der Waals surface area (Å²) in [4.78, 5) is 17.7. The molecule has 0 aromatic rings. The van der Waals surface area contributed by atoms with Gasteiger partial charge in [-0.15, -0.1) is 11.8 Å². The summed E-state index contributed by atoms with van der Waals surface area (Å²) < 4.78 is 0. The summed E-state index contributed by atoms with van der Waals surface area (Å²) in [6, 6.07) is 0.173. The van der Waals surface area contributed by atoms with Crippen molar-refractivity contribution in [1.82, 2.24) is 15.1 Å². The molecule has 2 amide bonds. The van der Waals surface area contributed by atoms with E-state index >= 15 is 0 Å². The molecule has 1 N–H and O–H groups in total. The van der Waals surface area contributed by atoms with Crippen molar-refractivity contribution < 1.29 is 4.79 Å². The summed E-state index contributed by atoms with van der Waals surface area (Å²) in [5.74, 6) is 0.939. The van der Waals surface area contributed by atoms with Gasteiger partial charge in [-0.05, 0) is 18.6 Å². The lowest BCUT2D eigenvalue weighted by Crippen LogP contribution is -2.52. The van der Waals surface area contributed by atoms with Crippen molar-refractivity contribution >= 4 is 17.8 Å². The highest BCUT2D eigenvalue weighted by Crippen LogP contribution is 2.28. The summed E-state index contributed by atoms with van der Waals surface area (Å²) in [6.45, 7) is 10.7. The topological polar surface area (TPSA) is 35.6 Å². The first-order chi connectivity index (χ1) is 9.76. The van der Waals surface area contributed by atoms with E-state index in [0.717, 1.165) is 38.5 Å². The fraction of sp³-hybridized carbons (Fsp3) is 0.533. The Labute approximate surface area is 125 Å². The molecule has 2 saturated heterocycles. The molecule has 0 aliphatic carbocycles. The van der Waals surface area contributed by atoms with E-state index in [2.05, 4.69) is 18.0 Å². The van der Waals surface area contributed by atoms with Crippen LogP contribution in [-0.4, -0.2) is 60.9 Å². The van der Waals surface area contributed by atoms with Crippen molar-refractivity contribution in [3.05, 3.63) is 35.3 Å². The molecule has 0 aromatic heterocycles. The third kappa shape index (κ3) is 3.67. The van der Waals surface area contributed by atoms with Crippen LogP contribution in [0, 0.1) is 0 Å². The largest absolute Gasteiger partial charge is 0.322 e. The highest BCUT2D eigenvalue weighted by atomic mass is 32.2. The van der Waals surface area contributed by atoms with Crippen LogP contribution in [0.1, 0.15) is 6.92 Å². The van der Waals surface area contributed by atoms with Crippen molar-refractivity contribution in [2.24, 2.45) is 0 Å². The summed E-state index contributed by atoms with van der Waals surface area (Å²) in [6.07, 6.45) is 5.96. The van der Waals surface area contributed by atoms with Gasteiger partial charge in [-0.2, -0.15) is 0 Å². The standard InChI is InChI=1S/C15H23N3OS/c1-3-5-14-13(4-2)12-18(10-11-20-14)15(19)17-8-6-16-7-9-17/h3-5,16H,1,6-12H2,2H3/b13-4-,14-5+. The van der Waals surface area contributed by atoms with Crippen molar-refractivity contribution in [3.8, 4) is 0 Å². The highest BCUT2D eigenvalue weighted by Gasteiger charge is 2.25. The molecule has 0 bridgehead atoms. The van der Waals surface area contributed by atoms with Crippen LogP contribution in [-0.2, 0) is 0 Å². The number of thioether (sulfide) groups is 1. The first-order valence-corrected chi connectivity index (χ1v) is 8.10. The first-order valence-electron chi connectivity index (χ1n) is 7.12. The van der Waals surface area contributed by atoms with Crippen molar-refractivity contribution in [2.75, 3.05) is 45.0 Å². The Morgan fingerprint density at radius 3 is 2.70 bits per heavy atom. The SMILES string of the molecule is C=C/C=C1/SCCN(C(=O)N2CCNCC2)C/C1=C/C. The average Bonchev–Trinajstić information content (AvgIpc) is 2.70. The molecule has 0 atom stereocenters. The Kier molecular flexibility index (Phi) is 5.73. The van der Waals surface area contributed by atoms with Crippen molar-refractivity contribution in [2.45, 2.75) is 6.92 Å². The Hall–Kier alpha value is -1.20. The first kappa shape index (κ1) is 15.2. The Morgan fingerprint density at radius 2 is 2.05 bits per heavy atom. The molecule has 2 aliphatic heterocycles. The van der Waals surface area contributed by atoms with Gasteiger partial charge in [-0.1, -0.05) is 18.7 Å². The molecule has 5 heteroatoms. The van der Waals surface area contributed by atoms with Gasteiger partial charge >= 0.3 is 6.03 Å². The lowest BCUT2D eigenvalue weighted by Gasteiger charge is -2.32. The molecule has 0 spiro atoms. The number of nitrogens with zero attached hydrogens (tertiary/aromatic N) is 2. The van der Waals surface area contributed by atoms with Crippen LogP contribution in [0.4, 0.5) is 4.79 Å². The minimum absolute atomic E-state index is 0.173.